The van der Waals surface area contributed by atoms with Gasteiger partial charge in [-0.2, -0.15) is 0 Å². The van der Waals surface area contributed by atoms with Gasteiger partial charge in [-0.15, -0.1) is 0 Å². The molecule has 23 heavy (non-hydrogen) atoms. The van der Waals surface area contributed by atoms with Gasteiger partial charge in [-0.1, -0.05) is 13.8 Å². The number of halogens is 2. The fraction of sp³-hybridized carbons (Fsp3) is 0.500. The van der Waals surface area contributed by atoms with Crippen LogP contribution in [-0.4, -0.2) is 35.2 Å². The molecule has 0 radical (unpaired) electrons. The smallest absolute Gasteiger partial charge is 0.330 e. The molecule has 1 aromatic rings. The van der Waals surface area contributed by atoms with Crippen LogP contribution in [0.5, 0.6) is 0 Å². The van der Waals surface area contributed by atoms with Crippen LogP contribution >= 0.6 is 0 Å². The molecule has 1 fully saturated rings. The largest absolute Gasteiger partial charge is 0.479 e. The summed E-state index contributed by atoms with van der Waals surface area (Å²) in [6.07, 6.45) is -0.202. The predicted molar refractivity (Wildman–Crippen MR) is 78.0 cm³/mol. The van der Waals surface area contributed by atoms with Gasteiger partial charge in [-0.05, 0) is 25.1 Å². The topological polar surface area (TPSA) is 75.6 Å². The van der Waals surface area contributed by atoms with Crippen molar-refractivity contribution in [2.24, 2.45) is 5.41 Å². The van der Waals surface area contributed by atoms with E-state index in [0.29, 0.717) is 6.61 Å². The number of aliphatic carboxylic acids is 1. The van der Waals surface area contributed by atoms with Crippen molar-refractivity contribution in [2.45, 2.75) is 38.8 Å². The van der Waals surface area contributed by atoms with E-state index in [1.54, 1.807) is 20.8 Å². The fourth-order valence-corrected chi connectivity index (χ4v) is 2.94. The van der Waals surface area contributed by atoms with Crippen molar-refractivity contribution in [1.82, 2.24) is 5.32 Å². The highest BCUT2D eigenvalue weighted by atomic mass is 19.2. The maximum Gasteiger partial charge on any atom is 0.330 e. The van der Waals surface area contributed by atoms with Gasteiger partial charge < -0.3 is 15.2 Å². The lowest BCUT2D eigenvalue weighted by molar-refractivity contribution is -0.190. The molecule has 0 spiro atoms. The van der Waals surface area contributed by atoms with Gasteiger partial charge in [-0.3, -0.25) is 4.79 Å². The van der Waals surface area contributed by atoms with E-state index in [4.69, 9.17) is 4.74 Å². The Labute approximate surface area is 132 Å². The van der Waals surface area contributed by atoms with E-state index < -0.39 is 34.5 Å². The Kier molecular flexibility index (Phi) is 4.43. The number of ether oxygens (including phenoxy) is 1. The highest BCUT2D eigenvalue weighted by Crippen LogP contribution is 2.51. The average molecular weight is 327 g/mol. The van der Waals surface area contributed by atoms with E-state index in [1.807, 2.05) is 0 Å². The molecule has 0 heterocycles. The summed E-state index contributed by atoms with van der Waals surface area (Å²) in [6, 6.07) is 2.67. The van der Waals surface area contributed by atoms with Gasteiger partial charge in [-0.25, -0.2) is 13.6 Å². The van der Waals surface area contributed by atoms with Crippen LogP contribution in [0, 0.1) is 17.0 Å². The predicted octanol–water partition coefficient (Wildman–Crippen LogP) is 2.35. The highest BCUT2D eigenvalue weighted by Gasteiger charge is 2.66. The van der Waals surface area contributed by atoms with Crippen molar-refractivity contribution in [3.8, 4) is 0 Å². The second-order valence-electron chi connectivity index (χ2n) is 6.16. The van der Waals surface area contributed by atoms with Crippen molar-refractivity contribution in [1.29, 1.82) is 0 Å². The van der Waals surface area contributed by atoms with Crippen LogP contribution in [0.3, 0.4) is 0 Å². The average Bonchev–Trinajstić information content (AvgIpc) is 2.48. The minimum absolute atomic E-state index is 0.110. The molecule has 1 amide bonds. The Balaban J connectivity index is 2.26. The lowest BCUT2D eigenvalue weighted by Crippen LogP contribution is -2.76. The minimum atomic E-state index is -1.52. The lowest BCUT2D eigenvalue weighted by Gasteiger charge is -2.58. The summed E-state index contributed by atoms with van der Waals surface area (Å²) >= 11 is 0. The van der Waals surface area contributed by atoms with E-state index in [-0.39, 0.29) is 18.1 Å². The molecular weight excluding hydrogens is 308 g/mol. The Morgan fingerprint density at radius 3 is 2.48 bits per heavy atom. The zero-order valence-electron chi connectivity index (χ0n) is 13.2. The minimum Gasteiger partial charge on any atom is -0.479 e. The number of carbonyl (C=O) groups excluding carboxylic acids is 1. The molecule has 1 saturated carbocycles. The maximum atomic E-state index is 13.3. The molecule has 1 aliphatic carbocycles. The molecule has 5 nitrogen and oxygen atoms in total. The van der Waals surface area contributed by atoms with E-state index in [9.17, 15) is 23.5 Å². The molecule has 0 bridgehead atoms. The van der Waals surface area contributed by atoms with Gasteiger partial charge in [0.1, 0.15) is 5.54 Å². The second kappa shape index (κ2) is 5.88. The Hall–Kier alpha value is -2.02. The summed E-state index contributed by atoms with van der Waals surface area (Å²) in [5, 5.41) is 12.1. The monoisotopic (exact) mass is 327 g/mol. The molecular formula is C16H19F2NO4. The summed E-state index contributed by atoms with van der Waals surface area (Å²) in [5.41, 5.74) is -2.50. The Morgan fingerprint density at radius 1 is 1.35 bits per heavy atom. The molecule has 7 heteroatoms. The molecule has 2 unspecified atom stereocenters. The van der Waals surface area contributed by atoms with Crippen molar-refractivity contribution in [2.75, 3.05) is 6.61 Å². The zero-order chi connectivity index (χ0) is 17.4. The van der Waals surface area contributed by atoms with Crippen molar-refractivity contribution < 1.29 is 28.2 Å². The fourth-order valence-electron chi connectivity index (χ4n) is 2.94. The quantitative estimate of drug-likeness (QED) is 0.870. The third-order valence-electron chi connectivity index (χ3n) is 4.64. The number of hydrogen-bond acceptors (Lipinski definition) is 3. The summed E-state index contributed by atoms with van der Waals surface area (Å²) in [5.74, 6) is -4.19. The van der Waals surface area contributed by atoms with Gasteiger partial charge in [0, 0.05) is 24.0 Å². The Bertz CT molecular complexity index is 647. The summed E-state index contributed by atoms with van der Waals surface area (Å²) < 4.78 is 31.7. The first kappa shape index (κ1) is 17.3. The SMILES string of the molecule is CCOC1CC(NC(=O)c2ccc(F)c(F)c2)(C(=O)O)C1(C)C. The molecule has 1 aromatic carbocycles. The molecule has 0 aromatic heterocycles. The number of carboxylic acid groups (broad SMARTS) is 1. The molecule has 126 valence electrons. The zero-order valence-corrected chi connectivity index (χ0v) is 13.2. The number of rotatable bonds is 5. The van der Waals surface area contributed by atoms with Crippen LogP contribution < -0.4 is 5.32 Å². The third-order valence-corrected chi connectivity index (χ3v) is 4.64. The van der Waals surface area contributed by atoms with Crippen LogP contribution in [0.1, 0.15) is 37.6 Å². The summed E-state index contributed by atoms with van der Waals surface area (Å²) in [6.45, 7) is 5.62. The molecule has 2 rings (SSSR count). The summed E-state index contributed by atoms with van der Waals surface area (Å²) in [4.78, 5) is 24.0. The second-order valence-corrected chi connectivity index (χ2v) is 6.16. The number of amides is 1. The van der Waals surface area contributed by atoms with Crippen LogP contribution in [0.25, 0.3) is 0 Å². The van der Waals surface area contributed by atoms with Crippen LogP contribution in [0.2, 0.25) is 0 Å². The molecule has 2 atom stereocenters. The number of nitrogens with one attached hydrogen (secondary N) is 1. The van der Waals surface area contributed by atoms with Gasteiger partial charge in [0.2, 0.25) is 0 Å². The number of hydrogen-bond donors (Lipinski definition) is 2. The first-order chi connectivity index (χ1) is 10.7. The van der Waals surface area contributed by atoms with Crippen LogP contribution in [0.15, 0.2) is 18.2 Å². The summed E-state index contributed by atoms with van der Waals surface area (Å²) in [7, 11) is 0. The van der Waals surface area contributed by atoms with E-state index in [0.717, 1.165) is 18.2 Å². The normalized spacial score (nSPS) is 25.5. The number of benzene rings is 1. The van der Waals surface area contributed by atoms with E-state index in [2.05, 4.69) is 5.32 Å². The number of carboxylic acids is 1. The lowest BCUT2D eigenvalue weighted by atomic mass is 9.54. The van der Waals surface area contributed by atoms with Gasteiger partial charge in [0.25, 0.3) is 5.91 Å². The first-order valence-corrected chi connectivity index (χ1v) is 7.28. The van der Waals surface area contributed by atoms with E-state index in [1.165, 1.54) is 0 Å². The molecule has 0 saturated heterocycles. The molecule has 1 aliphatic rings. The van der Waals surface area contributed by atoms with Crippen LogP contribution in [-0.2, 0) is 9.53 Å². The van der Waals surface area contributed by atoms with Crippen molar-refractivity contribution in [3.05, 3.63) is 35.4 Å². The maximum absolute atomic E-state index is 13.3. The molecule has 0 aliphatic heterocycles. The number of carbonyl (C=O) groups is 2. The highest BCUT2D eigenvalue weighted by molar-refractivity contribution is 5.98. The standard InChI is InChI=1S/C16H19F2NO4/c1-4-23-12-8-16(14(21)22,15(12,2)3)19-13(20)9-5-6-10(17)11(18)7-9/h5-7,12H,4,8H2,1-3H3,(H,19,20)(H,21,22). The Morgan fingerprint density at radius 2 is 2.00 bits per heavy atom. The first-order valence-electron chi connectivity index (χ1n) is 7.28. The van der Waals surface area contributed by atoms with Gasteiger partial charge in [0.15, 0.2) is 11.6 Å². The third kappa shape index (κ3) is 2.69. The van der Waals surface area contributed by atoms with Gasteiger partial charge >= 0.3 is 5.97 Å². The van der Waals surface area contributed by atoms with Crippen molar-refractivity contribution in [3.63, 3.8) is 0 Å². The van der Waals surface area contributed by atoms with Crippen LogP contribution in [0.4, 0.5) is 8.78 Å². The van der Waals surface area contributed by atoms with Crippen molar-refractivity contribution >= 4 is 11.9 Å². The van der Waals surface area contributed by atoms with Gasteiger partial charge in [0.05, 0.1) is 6.10 Å². The van der Waals surface area contributed by atoms with E-state index >= 15 is 0 Å². The molecule has 2 N–H and O–H groups in total.